The Balaban J connectivity index is 1.17. The first kappa shape index (κ1) is 21.5. The second kappa shape index (κ2) is 13.1. The van der Waals surface area contributed by atoms with Crippen molar-refractivity contribution in [1.82, 2.24) is 4.90 Å². The molecule has 0 radical (unpaired) electrons. The van der Waals surface area contributed by atoms with E-state index in [1.165, 1.54) is 76.3 Å². The minimum atomic E-state index is 0.0928. The first-order valence-electron chi connectivity index (χ1n) is 11.6. The molecule has 0 aromatic heterocycles. The van der Waals surface area contributed by atoms with Crippen molar-refractivity contribution in [2.75, 3.05) is 19.8 Å². The van der Waals surface area contributed by atoms with E-state index >= 15 is 0 Å². The van der Waals surface area contributed by atoms with Gasteiger partial charge in [-0.2, -0.15) is 0 Å². The van der Waals surface area contributed by atoms with E-state index in [2.05, 4.69) is 47.4 Å². The third-order valence-corrected chi connectivity index (χ3v) is 6.00. The van der Waals surface area contributed by atoms with E-state index in [-0.39, 0.29) is 6.29 Å². The van der Waals surface area contributed by atoms with Gasteiger partial charge < -0.3 is 9.47 Å². The summed E-state index contributed by atoms with van der Waals surface area (Å²) in [6.07, 6.45) is 19.4. The fraction of sp³-hybridized carbons (Fsp3) is 0.680. The number of hydrogen-bond acceptors (Lipinski definition) is 3. The van der Waals surface area contributed by atoms with Gasteiger partial charge in [-0.3, -0.25) is 4.90 Å². The van der Waals surface area contributed by atoms with E-state index in [0.717, 1.165) is 26.2 Å². The summed E-state index contributed by atoms with van der Waals surface area (Å²) in [6, 6.07) is 11.5. The van der Waals surface area contributed by atoms with E-state index in [0.29, 0.717) is 6.04 Å². The third-order valence-electron chi connectivity index (χ3n) is 6.00. The van der Waals surface area contributed by atoms with E-state index in [1.54, 1.807) is 0 Å². The highest BCUT2D eigenvalue weighted by atomic mass is 16.7. The Morgan fingerprint density at radius 2 is 1.61 bits per heavy atom. The number of unbranched alkanes of at least 4 members (excludes halogenated alkanes) is 7. The molecule has 0 bridgehead atoms. The molecule has 2 aliphatic rings. The topological polar surface area (TPSA) is 21.7 Å². The SMILES string of the molecule is C(=C/[C@H]1CCCN1Cc1ccccc1)/CCCCCCCCCC1OCCO1. The highest BCUT2D eigenvalue weighted by Gasteiger charge is 2.21. The van der Waals surface area contributed by atoms with Crippen LogP contribution in [0.25, 0.3) is 0 Å². The number of rotatable bonds is 13. The van der Waals surface area contributed by atoms with Gasteiger partial charge in [0, 0.05) is 12.6 Å². The predicted octanol–water partition coefficient (Wildman–Crippen LogP) is 6.09. The monoisotopic (exact) mass is 385 g/mol. The van der Waals surface area contributed by atoms with Gasteiger partial charge in [-0.05, 0) is 50.6 Å². The highest BCUT2D eigenvalue weighted by molar-refractivity contribution is 5.15. The van der Waals surface area contributed by atoms with E-state index < -0.39 is 0 Å². The second-order valence-electron chi connectivity index (χ2n) is 8.32. The Bertz CT molecular complexity index is 539. The van der Waals surface area contributed by atoms with Gasteiger partial charge in [0.2, 0.25) is 0 Å². The predicted molar refractivity (Wildman–Crippen MR) is 116 cm³/mol. The summed E-state index contributed by atoms with van der Waals surface area (Å²) < 4.78 is 11.0. The summed E-state index contributed by atoms with van der Waals surface area (Å²) in [4.78, 5) is 2.63. The molecule has 0 aliphatic carbocycles. The van der Waals surface area contributed by atoms with E-state index in [9.17, 15) is 0 Å². The Morgan fingerprint density at radius 3 is 2.39 bits per heavy atom. The molecule has 1 atom stereocenters. The van der Waals surface area contributed by atoms with E-state index in [4.69, 9.17) is 9.47 Å². The number of hydrogen-bond donors (Lipinski definition) is 0. The fourth-order valence-corrected chi connectivity index (χ4v) is 4.37. The van der Waals surface area contributed by atoms with Crippen molar-refractivity contribution in [3.05, 3.63) is 48.0 Å². The molecule has 3 rings (SSSR count). The van der Waals surface area contributed by atoms with Crippen LogP contribution in [-0.2, 0) is 16.0 Å². The van der Waals surface area contributed by atoms with Crippen LogP contribution in [0.4, 0.5) is 0 Å². The van der Waals surface area contributed by atoms with Crippen LogP contribution in [0, 0.1) is 0 Å². The van der Waals surface area contributed by atoms with Crippen molar-refractivity contribution in [3.8, 4) is 0 Å². The van der Waals surface area contributed by atoms with Crippen LogP contribution in [0.1, 0.15) is 76.2 Å². The van der Waals surface area contributed by atoms with Gasteiger partial charge in [0.1, 0.15) is 0 Å². The molecule has 3 heteroatoms. The van der Waals surface area contributed by atoms with Crippen molar-refractivity contribution >= 4 is 0 Å². The van der Waals surface area contributed by atoms with Crippen LogP contribution >= 0.6 is 0 Å². The normalized spacial score (nSPS) is 21.2. The Hall–Kier alpha value is -1.16. The van der Waals surface area contributed by atoms with Crippen LogP contribution in [0.15, 0.2) is 42.5 Å². The van der Waals surface area contributed by atoms with Crippen LogP contribution in [0.2, 0.25) is 0 Å². The molecule has 0 saturated carbocycles. The zero-order valence-electron chi connectivity index (χ0n) is 17.6. The zero-order valence-corrected chi connectivity index (χ0v) is 17.6. The molecule has 2 aliphatic heterocycles. The average Bonchev–Trinajstić information content (AvgIpc) is 3.39. The molecule has 2 saturated heterocycles. The van der Waals surface area contributed by atoms with Gasteiger partial charge in [-0.1, -0.05) is 74.6 Å². The summed E-state index contributed by atoms with van der Waals surface area (Å²) in [6.45, 7) is 3.90. The minimum absolute atomic E-state index is 0.0928. The molecule has 156 valence electrons. The molecule has 0 spiro atoms. The number of ether oxygens (including phenoxy) is 2. The number of nitrogens with zero attached hydrogens (tertiary/aromatic N) is 1. The first-order chi connectivity index (χ1) is 13.9. The molecule has 1 aromatic carbocycles. The summed E-state index contributed by atoms with van der Waals surface area (Å²) in [5, 5.41) is 0. The van der Waals surface area contributed by atoms with Gasteiger partial charge in [0.05, 0.1) is 13.2 Å². The van der Waals surface area contributed by atoms with Gasteiger partial charge >= 0.3 is 0 Å². The van der Waals surface area contributed by atoms with Crippen LogP contribution in [-0.4, -0.2) is 37.0 Å². The lowest BCUT2D eigenvalue weighted by atomic mass is 10.1. The maximum Gasteiger partial charge on any atom is 0.157 e. The van der Waals surface area contributed by atoms with Gasteiger partial charge in [0.15, 0.2) is 6.29 Å². The van der Waals surface area contributed by atoms with Crippen LogP contribution < -0.4 is 0 Å². The largest absolute Gasteiger partial charge is 0.350 e. The van der Waals surface area contributed by atoms with Gasteiger partial charge in [-0.25, -0.2) is 0 Å². The maximum absolute atomic E-state index is 5.48. The zero-order chi connectivity index (χ0) is 19.3. The maximum atomic E-state index is 5.48. The molecule has 0 amide bonds. The molecule has 1 aromatic rings. The smallest absolute Gasteiger partial charge is 0.157 e. The summed E-state index contributed by atoms with van der Waals surface area (Å²) >= 11 is 0. The van der Waals surface area contributed by atoms with Crippen molar-refractivity contribution < 1.29 is 9.47 Å². The highest BCUT2D eigenvalue weighted by Crippen LogP contribution is 2.21. The van der Waals surface area contributed by atoms with Crippen molar-refractivity contribution in [2.45, 2.75) is 89.5 Å². The second-order valence-corrected chi connectivity index (χ2v) is 8.32. The Morgan fingerprint density at radius 1 is 0.893 bits per heavy atom. The van der Waals surface area contributed by atoms with Crippen molar-refractivity contribution in [3.63, 3.8) is 0 Å². The van der Waals surface area contributed by atoms with Crippen molar-refractivity contribution in [1.29, 1.82) is 0 Å². The van der Waals surface area contributed by atoms with Crippen LogP contribution in [0.3, 0.4) is 0 Å². The van der Waals surface area contributed by atoms with Crippen molar-refractivity contribution in [2.24, 2.45) is 0 Å². The molecule has 3 nitrogen and oxygen atoms in total. The van der Waals surface area contributed by atoms with E-state index in [1.807, 2.05) is 0 Å². The molecule has 28 heavy (non-hydrogen) atoms. The first-order valence-corrected chi connectivity index (χ1v) is 11.6. The van der Waals surface area contributed by atoms with Gasteiger partial charge in [-0.15, -0.1) is 0 Å². The molecular weight excluding hydrogens is 346 g/mol. The lowest BCUT2D eigenvalue weighted by Crippen LogP contribution is -2.27. The summed E-state index contributed by atoms with van der Waals surface area (Å²) in [5.74, 6) is 0. The summed E-state index contributed by atoms with van der Waals surface area (Å²) in [5.41, 5.74) is 1.44. The number of allylic oxidation sites excluding steroid dienone is 1. The Kier molecular flexibility index (Phi) is 10.1. The molecule has 2 fully saturated rings. The fourth-order valence-electron chi connectivity index (χ4n) is 4.37. The molecule has 0 N–H and O–H groups in total. The number of benzene rings is 1. The molecule has 2 heterocycles. The average molecular weight is 386 g/mol. The third kappa shape index (κ3) is 8.06. The quantitative estimate of drug-likeness (QED) is 0.303. The lowest BCUT2D eigenvalue weighted by molar-refractivity contribution is -0.0480. The van der Waals surface area contributed by atoms with Crippen LogP contribution in [0.5, 0.6) is 0 Å². The standard InChI is InChI=1S/C25H39NO2/c1(3-5-7-12-18-25-27-20-21-28-25)2-4-6-11-16-24-17-13-19-26(24)22-23-14-9-8-10-15-23/h8-11,14-16,24-25H,1-7,12-13,17-22H2/b16-11-/t24-/m0/s1. The lowest BCUT2D eigenvalue weighted by Gasteiger charge is -2.21. The molecular formula is C25H39NO2. The number of likely N-dealkylation sites (tertiary alicyclic amines) is 1. The Labute approximate surface area is 172 Å². The molecule has 0 unspecified atom stereocenters. The van der Waals surface area contributed by atoms with Gasteiger partial charge in [0.25, 0.3) is 0 Å². The summed E-state index contributed by atoms with van der Waals surface area (Å²) in [7, 11) is 0. The minimum Gasteiger partial charge on any atom is -0.350 e.